The fourth-order valence-corrected chi connectivity index (χ4v) is 3.86. The topological polar surface area (TPSA) is 38.0 Å². The molecule has 0 radical (unpaired) electrons. The van der Waals surface area contributed by atoms with E-state index in [1.807, 2.05) is 29.6 Å². The Bertz CT molecular complexity index is 530. The van der Waals surface area contributed by atoms with Crippen LogP contribution in [0.25, 0.3) is 0 Å². The van der Waals surface area contributed by atoms with Gasteiger partial charge in [0.1, 0.15) is 0 Å². The van der Waals surface area contributed by atoms with Gasteiger partial charge in [0.05, 0.1) is 11.1 Å². The Labute approximate surface area is 125 Å². The number of nitrogens with one attached hydrogen (secondary N) is 1. The van der Waals surface area contributed by atoms with E-state index in [1.165, 1.54) is 0 Å². The van der Waals surface area contributed by atoms with E-state index in [1.54, 1.807) is 11.3 Å². The number of hydrogen-bond donors (Lipinski definition) is 2. The van der Waals surface area contributed by atoms with Crippen LogP contribution in [-0.4, -0.2) is 0 Å². The highest BCUT2D eigenvalue weighted by molar-refractivity contribution is 9.10. The average molecular weight is 397 g/mol. The molecule has 1 aromatic heterocycles. The molecule has 2 nitrogen and oxygen atoms in total. The molecule has 0 aliphatic heterocycles. The predicted molar refractivity (Wildman–Crippen MR) is 80.3 cm³/mol. The minimum atomic E-state index is -0.116. The first-order valence-corrected chi connectivity index (χ1v) is 7.62. The normalized spacial score (nSPS) is 12.7. The fourth-order valence-electron chi connectivity index (χ4n) is 1.56. The summed E-state index contributed by atoms with van der Waals surface area (Å²) in [7, 11) is 0. The van der Waals surface area contributed by atoms with Crippen molar-refractivity contribution in [1.29, 1.82) is 0 Å². The third-order valence-corrected chi connectivity index (χ3v) is 5.61. The standard InChI is InChI=1S/C11H9Br2ClN2S/c12-7-3-1-2-6(9(7)14)10(16-15)11-8(13)4-5-17-11/h1-5,10,16H,15H2. The summed E-state index contributed by atoms with van der Waals surface area (Å²) in [6.07, 6.45) is 0. The summed E-state index contributed by atoms with van der Waals surface area (Å²) < 4.78 is 1.89. The number of rotatable bonds is 3. The number of benzene rings is 1. The van der Waals surface area contributed by atoms with Gasteiger partial charge in [-0.15, -0.1) is 11.3 Å². The maximum Gasteiger partial charge on any atom is 0.0828 e. The zero-order valence-electron chi connectivity index (χ0n) is 8.58. The van der Waals surface area contributed by atoms with Gasteiger partial charge in [-0.05, 0) is 54.9 Å². The molecule has 0 spiro atoms. The van der Waals surface area contributed by atoms with Crippen molar-refractivity contribution in [2.24, 2.45) is 5.84 Å². The zero-order chi connectivity index (χ0) is 12.4. The fraction of sp³-hybridized carbons (Fsp3) is 0.0909. The Morgan fingerprint density at radius 1 is 1.24 bits per heavy atom. The van der Waals surface area contributed by atoms with E-state index in [0.29, 0.717) is 5.02 Å². The quantitative estimate of drug-likeness (QED) is 0.593. The van der Waals surface area contributed by atoms with Crippen LogP contribution in [0.4, 0.5) is 0 Å². The Morgan fingerprint density at radius 2 is 2.00 bits per heavy atom. The summed E-state index contributed by atoms with van der Waals surface area (Å²) in [5.41, 5.74) is 3.76. The Morgan fingerprint density at radius 3 is 2.59 bits per heavy atom. The van der Waals surface area contributed by atoms with Gasteiger partial charge in [0, 0.05) is 13.8 Å². The molecule has 1 atom stereocenters. The molecule has 2 aromatic rings. The van der Waals surface area contributed by atoms with Crippen molar-refractivity contribution in [3.8, 4) is 0 Å². The monoisotopic (exact) mass is 394 g/mol. The van der Waals surface area contributed by atoms with Crippen LogP contribution in [0.1, 0.15) is 16.5 Å². The van der Waals surface area contributed by atoms with Crippen molar-refractivity contribution in [3.63, 3.8) is 0 Å². The molecule has 3 N–H and O–H groups in total. The molecule has 0 saturated heterocycles. The van der Waals surface area contributed by atoms with E-state index in [-0.39, 0.29) is 6.04 Å². The van der Waals surface area contributed by atoms with E-state index < -0.39 is 0 Å². The van der Waals surface area contributed by atoms with Crippen LogP contribution in [-0.2, 0) is 0 Å². The molecule has 2 rings (SSSR count). The lowest BCUT2D eigenvalue weighted by Gasteiger charge is -2.17. The van der Waals surface area contributed by atoms with Crippen LogP contribution in [0, 0.1) is 0 Å². The van der Waals surface area contributed by atoms with E-state index in [4.69, 9.17) is 17.4 Å². The smallest absolute Gasteiger partial charge is 0.0828 e. The molecule has 1 unspecified atom stereocenters. The second-order valence-electron chi connectivity index (χ2n) is 3.38. The maximum absolute atomic E-state index is 6.28. The number of nitrogens with two attached hydrogens (primary N) is 1. The van der Waals surface area contributed by atoms with Crippen molar-refractivity contribution >= 4 is 54.8 Å². The van der Waals surface area contributed by atoms with Crippen LogP contribution in [0.2, 0.25) is 5.02 Å². The second-order valence-corrected chi connectivity index (χ2v) is 6.41. The van der Waals surface area contributed by atoms with E-state index in [0.717, 1.165) is 19.4 Å². The van der Waals surface area contributed by atoms with E-state index >= 15 is 0 Å². The van der Waals surface area contributed by atoms with Crippen LogP contribution >= 0.6 is 54.8 Å². The zero-order valence-corrected chi connectivity index (χ0v) is 13.3. The lowest BCUT2D eigenvalue weighted by Crippen LogP contribution is -2.28. The van der Waals surface area contributed by atoms with Gasteiger partial charge >= 0.3 is 0 Å². The lowest BCUT2D eigenvalue weighted by atomic mass is 10.1. The Kier molecular flexibility index (Phi) is 4.63. The molecule has 90 valence electrons. The van der Waals surface area contributed by atoms with E-state index in [9.17, 15) is 0 Å². The number of halogens is 3. The number of thiophene rings is 1. The van der Waals surface area contributed by atoms with Gasteiger partial charge in [-0.3, -0.25) is 5.84 Å². The summed E-state index contributed by atoms with van der Waals surface area (Å²) in [6, 6.07) is 7.69. The third-order valence-electron chi connectivity index (χ3n) is 2.37. The minimum Gasteiger partial charge on any atom is -0.271 e. The lowest BCUT2D eigenvalue weighted by molar-refractivity contribution is 0.644. The van der Waals surface area contributed by atoms with Gasteiger partial charge in [-0.1, -0.05) is 23.7 Å². The summed E-state index contributed by atoms with van der Waals surface area (Å²) in [5, 5.41) is 2.69. The van der Waals surface area contributed by atoms with Crippen molar-refractivity contribution < 1.29 is 0 Å². The van der Waals surface area contributed by atoms with Crippen molar-refractivity contribution in [3.05, 3.63) is 54.1 Å². The molecule has 0 aliphatic carbocycles. The molecule has 0 aliphatic rings. The van der Waals surface area contributed by atoms with E-state index in [2.05, 4.69) is 37.3 Å². The molecule has 0 saturated carbocycles. The molecular weight excluding hydrogens is 387 g/mol. The molecule has 0 amide bonds. The highest BCUT2D eigenvalue weighted by Crippen LogP contribution is 2.37. The second kappa shape index (κ2) is 5.82. The molecular formula is C11H9Br2ClN2S. The molecule has 0 bridgehead atoms. The maximum atomic E-state index is 6.28. The SMILES string of the molecule is NNC(c1cccc(Br)c1Cl)c1sccc1Br. The molecule has 17 heavy (non-hydrogen) atoms. The van der Waals surface area contributed by atoms with Gasteiger partial charge in [0.15, 0.2) is 0 Å². The summed E-state index contributed by atoms with van der Waals surface area (Å²) in [4.78, 5) is 1.10. The first-order valence-electron chi connectivity index (χ1n) is 4.78. The largest absolute Gasteiger partial charge is 0.271 e. The summed E-state index contributed by atoms with van der Waals surface area (Å²) >= 11 is 14.8. The minimum absolute atomic E-state index is 0.116. The molecule has 1 aromatic carbocycles. The Hall–Kier alpha value is 0.0900. The number of hydrazine groups is 1. The Balaban J connectivity index is 2.50. The third kappa shape index (κ3) is 2.75. The summed E-state index contributed by atoms with van der Waals surface area (Å²) in [6.45, 7) is 0. The molecule has 0 fully saturated rings. The van der Waals surface area contributed by atoms with Crippen LogP contribution < -0.4 is 11.3 Å². The van der Waals surface area contributed by atoms with Gasteiger partial charge in [-0.25, -0.2) is 5.43 Å². The van der Waals surface area contributed by atoms with Gasteiger partial charge in [0.25, 0.3) is 0 Å². The average Bonchev–Trinajstić information content (AvgIpc) is 2.72. The van der Waals surface area contributed by atoms with Crippen molar-refractivity contribution in [2.75, 3.05) is 0 Å². The predicted octanol–water partition coefficient (Wildman–Crippen LogP) is 4.48. The van der Waals surface area contributed by atoms with Crippen LogP contribution in [0.3, 0.4) is 0 Å². The van der Waals surface area contributed by atoms with Crippen molar-refractivity contribution in [2.45, 2.75) is 6.04 Å². The molecule has 6 heteroatoms. The first kappa shape index (κ1) is 13.5. The van der Waals surface area contributed by atoms with Gasteiger partial charge < -0.3 is 0 Å². The van der Waals surface area contributed by atoms with Crippen molar-refractivity contribution in [1.82, 2.24) is 5.43 Å². The number of hydrogen-bond acceptors (Lipinski definition) is 3. The first-order chi connectivity index (χ1) is 8.15. The van der Waals surface area contributed by atoms with Crippen LogP contribution in [0.5, 0.6) is 0 Å². The highest BCUT2D eigenvalue weighted by Gasteiger charge is 2.20. The van der Waals surface area contributed by atoms with Gasteiger partial charge in [-0.2, -0.15) is 0 Å². The highest BCUT2D eigenvalue weighted by atomic mass is 79.9. The summed E-state index contributed by atoms with van der Waals surface area (Å²) in [5.74, 6) is 5.65. The molecule has 1 heterocycles. The van der Waals surface area contributed by atoms with Crippen LogP contribution in [0.15, 0.2) is 38.6 Å². The van der Waals surface area contributed by atoms with Gasteiger partial charge in [0.2, 0.25) is 0 Å².